The van der Waals surface area contributed by atoms with Crippen LogP contribution in [0.2, 0.25) is 0 Å². The van der Waals surface area contributed by atoms with Gasteiger partial charge in [-0.05, 0) is 43.7 Å². The number of rotatable bonds is 3. The molecule has 1 unspecified atom stereocenters. The van der Waals surface area contributed by atoms with E-state index >= 15 is 0 Å². The van der Waals surface area contributed by atoms with Crippen molar-refractivity contribution in [3.63, 3.8) is 0 Å². The molecule has 0 spiro atoms. The summed E-state index contributed by atoms with van der Waals surface area (Å²) in [4.78, 5) is 9.45. The van der Waals surface area contributed by atoms with Gasteiger partial charge in [0.15, 0.2) is 0 Å². The van der Waals surface area contributed by atoms with Crippen LogP contribution in [0.5, 0.6) is 0 Å². The fourth-order valence-corrected chi connectivity index (χ4v) is 2.63. The maximum Gasteiger partial charge on any atom is 0.118 e. The molecule has 1 aromatic heterocycles. The zero-order valence-corrected chi connectivity index (χ0v) is 12.7. The van der Waals surface area contributed by atoms with E-state index < -0.39 is 0 Å². The maximum atomic E-state index is 8.73. The van der Waals surface area contributed by atoms with Gasteiger partial charge in [0.25, 0.3) is 0 Å². The summed E-state index contributed by atoms with van der Waals surface area (Å²) in [6.07, 6.45) is 4.56. The lowest BCUT2D eigenvalue weighted by atomic mass is 9.98. The number of pyridine rings is 1. The molecule has 0 aliphatic carbocycles. The minimum absolute atomic E-state index is 0.374. The fourth-order valence-electron chi connectivity index (χ4n) is 2.63. The Morgan fingerprint density at radius 1 is 1.14 bits per heavy atom. The molecule has 1 atom stereocenters. The molecule has 0 amide bonds. The highest BCUT2D eigenvalue weighted by Gasteiger charge is 2.27. The van der Waals surface area contributed by atoms with Gasteiger partial charge >= 0.3 is 0 Å². The lowest BCUT2D eigenvalue weighted by Crippen LogP contribution is -2.16. The smallest absolute Gasteiger partial charge is 0.118 e. The number of hydrogen-bond donors (Lipinski definition) is 0. The summed E-state index contributed by atoms with van der Waals surface area (Å²) in [5, 5.41) is 8.73. The van der Waals surface area contributed by atoms with Crippen molar-refractivity contribution in [2.45, 2.75) is 25.8 Å². The summed E-state index contributed by atoms with van der Waals surface area (Å²) < 4.78 is 0. The van der Waals surface area contributed by atoms with Gasteiger partial charge in [0, 0.05) is 11.3 Å². The van der Waals surface area contributed by atoms with E-state index in [4.69, 9.17) is 10.2 Å². The van der Waals surface area contributed by atoms with E-state index in [1.54, 1.807) is 0 Å². The van der Waals surface area contributed by atoms with Crippen LogP contribution < -0.4 is 0 Å². The molecule has 3 nitrogen and oxygen atoms in total. The molecule has 0 saturated carbocycles. The third-order valence-electron chi connectivity index (χ3n) is 3.86. The average molecular weight is 287 g/mol. The highest BCUT2D eigenvalue weighted by molar-refractivity contribution is 5.95. The molecule has 2 heterocycles. The Bertz CT molecular complexity index is 794. The molecule has 3 rings (SSSR count). The van der Waals surface area contributed by atoms with Crippen molar-refractivity contribution < 1.29 is 0 Å². The number of hydrogen-bond acceptors (Lipinski definition) is 3. The third-order valence-corrected chi connectivity index (χ3v) is 3.86. The van der Waals surface area contributed by atoms with Gasteiger partial charge in [0.2, 0.25) is 0 Å². The summed E-state index contributed by atoms with van der Waals surface area (Å²) >= 11 is 0. The molecule has 0 fully saturated rings. The van der Waals surface area contributed by atoms with Crippen LogP contribution in [0.25, 0.3) is 11.3 Å². The summed E-state index contributed by atoms with van der Waals surface area (Å²) in [5.41, 5.74) is 4.59. The molecule has 1 aliphatic heterocycles. The second kappa shape index (κ2) is 5.57. The van der Waals surface area contributed by atoms with Gasteiger partial charge in [0.1, 0.15) is 5.54 Å². The van der Waals surface area contributed by atoms with E-state index in [1.165, 1.54) is 0 Å². The third kappa shape index (κ3) is 2.68. The van der Waals surface area contributed by atoms with Crippen LogP contribution in [0.4, 0.5) is 0 Å². The largest absolute Gasteiger partial charge is 0.273 e. The molecule has 0 radical (unpaired) electrons. The van der Waals surface area contributed by atoms with Crippen LogP contribution in [0.15, 0.2) is 59.6 Å². The van der Waals surface area contributed by atoms with Gasteiger partial charge < -0.3 is 0 Å². The van der Waals surface area contributed by atoms with Gasteiger partial charge in [-0.1, -0.05) is 30.3 Å². The molecule has 1 aliphatic rings. The zero-order chi connectivity index (χ0) is 15.6. The van der Waals surface area contributed by atoms with Crippen molar-refractivity contribution >= 4 is 5.71 Å². The Morgan fingerprint density at radius 3 is 2.55 bits per heavy atom. The minimum atomic E-state index is -0.374. The monoisotopic (exact) mass is 287 g/mol. The summed E-state index contributed by atoms with van der Waals surface area (Å²) in [6.45, 7) is 4.07. The second-order valence-corrected chi connectivity index (χ2v) is 5.67. The lowest BCUT2D eigenvalue weighted by Gasteiger charge is -2.18. The van der Waals surface area contributed by atoms with Crippen LogP contribution in [-0.4, -0.2) is 10.7 Å². The molecular formula is C19H17N3. The van der Waals surface area contributed by atoms with Crippen LogP contribution in [0.3, 0.4) is 0 Å². The quantitative estimate of drug-likeness (QED) is 0.854. The maximum absolute atomic E-state index is 8.73. The normalized spacial score (nSPS) is 19.8. The lowest BCUT2D eigenvalue weighted by molar-refractivity contribution is 0.622. The van der Waals surface area contributed by atoms with Gasteiger partial charge in [-0.2, -0.15) is 5.26 Å². The van der Waals surface area contributed by atoms with Gasteiger partial charge in [-0.3, -0.25) is 4.99 Å². The molecule has 3 heteroatoms. The number of aromatic nitrogens is 1. The Hall–Kier alpha value is -2.73. The van der Waals surface area contributed by atoms with Crippen molar-refractivity contribution in [3.8, 4) is 17.3 Å². The SMILES string of the molecule is CC1=NC(C)(c2cccc(-c3ccc(CC#N)cc3)n2)C=C1. The van der Waals surface area contributed by atoms with Crippen LogP contribution in [-0.2, 0) is 12.0 Å². The van der Waals surface area contributed by atoms with E-state index in [1.807, 2.05) is 55.5 Å². The van der Waals surface area contributed by atoms with Crippen molar-refractivity contribution in [2.75, 3.05) is 0 Å². The van der Waals surface area contributed by atoms with Crippen molar-refractivity contribution in [1.82, 2.24) is 4.98 Å². The molecule has 1 aromatic carbocycles. The fraction of sp³-hybridized carbons (Fsp3) is 0.211. The Morgan fingerprint density at radius 2 is 1.91 bits per heavy atom. The summed E-state index contributed by atoms with van der Waals surface area (Å²) in [5.74, 6) is 0. The van der Waals surface area contributed by atoms with Crippen LogP contribution in [0.1, 0.15) is 25.1 Å². The van der Waals surface area contributed by atoms with Crippen LogP contribution >= 0.6 is 0 Å². The predicted octanol–water partition coefficient (Wildman–Crippen LogP) is 4.06. The van der Waals surface area contributed by atoms with Crippen LogP contribution in [0, 0.1) is 11.3 Å². The van der Waals surface area contributed by atoms with E-state index in [2.05, 4.69) is 24.1 Å². The topological polar surface area (TPSA) is 49.0 Å². The standard InChI is InChI=1S/C19H17N3/c1-14-10-12-19(2,22-14)18-5-3-4-17(21-18)16-8-6-15(7-9-16)11-13-20/h3-10,12H,11H2,1-2H3. The molecule has 108 valence electrons. The predicted molar refractivity (Wildman–Crippen MR) is 88.6 cm³/mol. The number of nitrogens with zero attached hydrogens (tertiary/aromatic N) is 3. The van der Waals surface area contributed by atoms with Crippen molar-refractivity contribution in [1.29, 1.82) is 5.26 Å². The number of allylic oxidation sites excluding steroid dienone is 1. The first-order chi connectivity index (χ1) is 10.6. The first kappa shape index (κ1) is 14.2. The van der Waals surface area contributed by atoms with E-state index in [-0.39, 0.29) is 5.54 Å². The molecule has 0 bridgehead atoms. The molecular weight excluding hydrogens is 270 g/mol. The number of nitriles is 1. The van der Waals surface area contributed by atoms with E-state index in [0.29, 0.717) is 6.42 Å². The van der Waals surface area contributed by atoms with Gasteiger partial charge in [0.05, 0.1) is 23.9 Å². The molecule has 0 saturated heterocycles. The Balaban J connectivity index is 1.95. The van der Waals surface area contributed by atoms with E-state index in [0.717, 1.165) is 28.2 Å². The minimum Gasteiger partial charge on any atom is -0.273 e. The van der Waals surface area contributed by atoms with Crippen molar-refractivity contribution in [3.05, 3.63) is 65.9 Å². The second-order valence-electron chi connectivity index (χ2n) is 5.67. The summed E-state index contributed by atoms with van der Waals surface area (Å²) in [6, 6.07) is 16.2. The highest BCUT2D eigenvalue weighted by atomic mass is 14.9. The highest BCUT2D eigenvalue weighted by Crippen LogP contribution is 2.31. The summed E-state index contributed by atoms with van der Waals surface area (Å²) in [7, 11) is 0. The zero-order valence-electron chi connectivity index (χ0n) is 12.7. The average Bonchev–Trinajstić information content (AvgIpc) is 2.89. The number of benzene rings is 1. The number of aliphatic imine (C=N–C) groups is 1. The molecule has 22 heavy (non-hydrogen) atoms. The first-order valence-corrected chi connectivity index (χ1v) is 7.30. The van der Waals surface area contributed by atoms with Gasteiger partial charge in [-0.25, -0.2) is 4.98 Å². The van der Waals surface area contributed by atoms with Crippen molar-refractivity contribution in [2.24, 2.45) is 4.99 Å². The Kier molecular flexibility index (Phi) is 3.60. The Labute approximate surface area is 130 Å². The van der Waals surface area contributed by atoms with E-state index in [9.17, 15) is 0 Å². The molecule has 2 aromatic rings. The first-order valence-electron chi connectivity index (χ1n) is 7.30. The van der Waals surface area contributed by atoms with Gasteiger partial charge in [-0.15, -0.1) is 0 Å². The molecule has 0 N–H and O–H groups in total.